The zero-order chi connectivity index (χ0) is 14.9. The first-order chi connectivity index (χ1) is 9.31. The molecule has 5 nitrogen and oxygen atoms in total. The van der Waals surface area contributed by atoms with Crippen LogP contribution in [0.5, 0.6) is 0 Å². The molecule has 108 valence electrons. The Morgan fingerprint density at radius 1 is 1.40 bits per heavy atom. The van der Waals surface area contributed by atoms with Crippen LogP contribution in [0.2, 0.25) is 10.0 Å². The molecule has 20 heavy (non-hydrogen) atoms. The van der Waals surface area contributed by atoms with Gasteiger partial charge in [0.1, 0.15) is 4.90 Å². The van der Waals surface area contributed by atoms with E-state index in [-0.39, 0.29) is 27.2 Å². The van der Waals surface area contributed by atoms with Crippen LogP contribution in [-0.2, 0) is 16.6 Å². The smallest absolute Gasteiger partial charge is 0.244 e. The summed E-state index contributed by atoms with van der Waals surface area (Å²) in [6.45, 7) is 1.95. The summed E-state index contributed by atoms with van der Waals surface area (Å²) >= 11 is 13.1. The first kappa shape index (κ1) is 15.5. The minimum absolute atomic E-state index is 0.0102. The average Bonchev–Trinajstić information content (AvgIpc) is 2.70. The van der Waals surface area contributed by atoms with Gasteiger partial charge in [0.05, 0.1) is 21.9 Å². The molecule has 0 spiro atoms. The highest BCUT2D eigenvalue weighted by molar-refractivity contribution is 7.89. The number of anilines is 1. The number of nitrogen functional groups attached to an aromatic ring is 1. The fourth-order valence-electron chi connectivity index (χ4n) is 1.59. The van der Waals surface area contributed by atoms with Gasteiger partial charge in [-0.2, -0.15) is 0 Å². The second kappa shape index (κ2) is 5.87. The predicted molar refractivity (Wildman–Crippen MR) is 81.8 cm³/mol. The van der Waals surface area contributed by atoms with Crippen molar-refractivity contribution in [2.75, 3.05) is 5.73 Å². The molecule has 2 aromatic rings. The maximum atomic E-state index is 12.3. The topological polar surface area (TPSA) is 85.1 Å². The van der Waals surface area contributed by atoms with E-state index in [0.29, 0.717) is 0 Å². The number of benzene rings is 1. The van der Waals surface area contributed by atoms with Gasteiger partial charge in [0, 0.05) is 16.4 Å². The molecule has 3 N–H and O–H groups in total. The van der Waals surface area contributed by atoms with Crippen molar-refractivity contribution >= 4 is 50.2 Å². The number of rotatable bonds is 4. The molecular formula is C11H11Cl2N3O2S2. The third-order valence-electron chi connectivity index (χ3n) is 2.57. The van der Waals surface area contributed by atoms with E-state index in [1.54, 1.807) is 5.51 Å². The maximum Gasteiger partial charge on any atom is 0.244 e. The van der Waals surface area contributed by atoms with Crippen molar-refractivity contribution in [2.24, 2.45) is 0 Å². The minimum atomic E-state index is -3.82. The Morgan fingerprint density at radius 2 is 2.10 bits per heavy atom. The molecule has 0 saturated carbocycles. The van der Waals surface area contributed by atoms with E-state index >= 15 is 0 Å². The Morgan fingerprint density at radius 3 is 2.65 bits per heavy atom. The van der Waals surface area contributed by atoms with Gasteiger partial charge in [-0.25, -0.2) is 18.1 Å². The lowest BCUT2D eigenvalue weighted by atomic mass is 10.3. The van der Waals surface area contributed by atoms with Crippen molar-refractivity contribution < 1.29 is 8.42 Å². The van der Waals surface area contributed by atoms with Gasteiger partial charge in [0.25, 0.3) is 0 Å². The van der Waals surface area contributed by atoms with Gasteiger partial charge < -0.3 is 5.73 Å². The van der Waals surface area contributed by atoms with Crippen molar-refractivity contribution in [3.8, 4) is 0 Å². The van der Waals surface area contributed by atoms with Crippen molar-refractivity contribution in [2.45, 2.75) is 18.4 Å². The summed E-state index contributed by atoms with van der Waals surface area (Å²) in [7, 11) is -3.82. The van der Waals surface area contributed by atoms with Gasteiger partial charge in [-0.1, -0.05) is 23.2 Å². The van der Waals surface area contributed by atoms with E-state index < -0.39 is 10.0 Å². The van der Waals surface area contributed by atoms with Gasteiger partial charge in [0.2, 0.25) is 10.0 Å². The molecule has 2 rings (SSSR count). The minimum Gasteiger partial charge on any atom is -0.398 e. The van der Waals surface area contributed by atoms with Gasteiger partial charge in [-0.15, -0.1) is 11.3 Å². The summed E-state index contributed by atoms with van der Waals surface area (Å²) in [6.07, 6.45) is 0. The Kier molecular flexibility index (Phi) is 4.55. The predicted octanol–water partition coefficient (Wildman–Crippen LogP) is 2.82. The lowest BCUT2D eigenvalue weighted by molar-refractivity contribution is 0.582. The lowest BCUT2D eigenvalue weighted by Crippen LogP contribution is -2.24. The second-order valence-corrected chi connectivity index (χ2v) is 7.48. The zero-order valence-corrected chi connectivity index (χ0v) is 13.5. The van der Waals surface area contributed by atoms with E-state index in [9.17, 15) is 8.42 Å². The summed E-state index contributed by atoms with van der Waals surface area (Å²) in [4.78, 5) is 4.72. The molecule has 0 bridgehead atoms. The largest absolute Gasteiger partial charge is 0.398 e. The van der Waals surface area contributed by atoms with Gasteiger partial charge >= 0.3 is 0 Å². The molecule has 0 fully saturated rings. The summed E-state index contributed by atoms with van der Waals surface area (Å²) in [5.74, 6) is 0. The molecule has 1 heterocycles. The van der Waals surface area contributed by atoms with E-state index in [0.717, 1.165) is 10.6 Å². The number of aromatic nitrogens is 1. The molecule has 0 aliphatic rings. The summed E-state index contributed by atoms with van der Waals surface area (Å²) in [5, 5.41) is 0.272. The van der Waals surface area contributed by atoms with Gasteiger partial charge in [-0.3, -0.25) is 0 Å². The van der Waals surface area contributed by atoms with E-state index in [2.05, 4.69) is 9.71 Å². The van der Waals surface area contributed by atoms with Crippen molar-refractivity contribution in [3.63, 3.8) is 0 Å². The third-order valence-corrected chi connectivity index (χ3v) is 5.65. The highest BCUT2D eigenvalue weighted by atomic mass is 35.5. The summed E-state index contributed by atoms with van der Waals surface area (Å²) in [5.41, 5.74) is 8.14. The fraction of sp³-hybridized carbons (Fsp3) is 0.182. The number of sulfonamides is 1. The van der Waals surface area contributed by atoms with Crippen LogP contribution in [0.25, 0.3) is 0 Å². The van der Waals surface area contributed by atoms with Crippen LogP contribution in [0.1, 0.15) is 10.6 Å². The molecule has 0 amide bonds. The monoisotopic (exact) mass is 351 g/mol. The van der Waals surface area contributed by atoms with E-state index in [4.69, 9.17) is 28.9 Å². The number of halogens is 2. The van der Waals surface area contributed by atoms with Crippen molar-refractivity contribution in [1.82, 2.24) is 9.71 Å². The normalized spacial score (nSPS) is 11.8. The van der Waals surface area contributed by atoms with Crippen LogP contribution in [-0.4, -0.2) is 13.4 Å². The van der Waals surface area contributed by atoms with Crippen LogP contribution in [0.4, 0.5) is 5.69 Å². The number of nitrogens with two attached hydrogens (primary N) is 1. The third kappa shape index (κ3) is 3.24. The molecule has 1 aromatic heterocycles. The molecule has 0 radical (unpaired) electrons. The Balaban J connectivity index is 2.30. The Bertz CT molecular complexity index is 721. The standard InChI is InChI=1S/C11H11Cl2N3O2S2/c1-6-10(19-5-15-6)4-16-20(17,18)11-8(13)2-7(12)3-9(11)14/h2-3,5,16H,4,14H2,1H3. The fourth-order valence-corrected chi connectivity index (χ4v) is 4.38. The number of nitrogens with one attached hydrogen (secondary N) is 1. The number of hydrogen-bond acceptors (Lipinski definition) is 5. The molecule has 0 aliphatic heterocycles. The zero-order valence-electron chi connectivity index (χ0n) is 10.4. The van der Waals surface area contributed by atoms with Crippen LogP contribution in [0.3, 0.4) is 0 Å². The molecule has 9 heteroatoms. The quantitative estimate of drug-likeness (QED) is 0.829. The maximum absolute atomic E-state index is 12.3. The van der Waals surface area contributed by atoms with E-state index in [1.807, 2.05) is 6.92 Å². The van der Waals surface area contributed by atoms with E-state index in [1.165, 1.54) is 23.5 Å². The number of hydrogen-bond donors (Lipinski definition) is 2. The molecular weight excluding hydrogens is 341 g/mol. The Hall–Kier alpha value is -0.860. The van der Waals surface area contributed by atoms with Crippen LogP contribution >= 0.6 is 34.5 Å². The average molecular weight is 352 g/mol. The number of nitrogens with zero attached hydrogens (tertiary/aromatic N) is 1. The summed E-state index contributed by atoms with van der Waals surface area (Å²) in [6, 6.07) is 2.69. The number of aryl methyl sites for hydroxylation is 1. The number of thiazole rings is 1. The van der Waals surface area contributed by atoms with Gasteiger partial charge in [0.15, 0.2) is 0 Å². The first-order valence-corrected chi connectivity index (χ1v) is 8.56. The molecule has 0 aliphatic carbocycles. The first-order valence-electron chi connectivity index (χ1n) is 5.44. The molecule has 0 unspecified atom stereocenters. The Labute approximate surface area is 130 Å². The molecule has 0 atom stereocenters. The SMILES string of the molecule is Cc1ncsc1CNS(=O)(=O)c1c(N)cc(Cl)cc1Cl. The van der Waals surface area contributed by atoms with Crippen LogP contribution in [0, 0.1) is 6.92 Å². The molecule has 1 aromatic carbocycles. The van der Waals surface area contributed by atoms with Crippen molar-refractivity contribution in [3.05, 3.63) is 38.3 Å². The van der Waals surface area contributed by atoms with Crippen LogP contribution < -0.4 is 10.5 Å². The second-order valence-electron chi connectivity index (χ2n) is 3.99. The lowest BCUT2D eigenvalue weighted by Gasteiger charge is -2.11. The van der Waals surface area contributed by atoms with Crippen LogP contribution in [0.15, 0.2) is 22.5 Å². The molecule has 0 saturated heterocycles. The van der Waals surface area contributed by atoms with Crippen molar-refractivity contribution in [1.29, 1.82) is 0 Å². The van der Waals surface area contributed by atoms with Gasteiger partial charge in [-0.05, 0) is 19.1 Å². The summed E-state index contributed by atoms with van der Waals surface area (Å²) < 4.78 is 27.0. The highest BCUT2D eigenvalue weighted by Gasteiger charge is 2.22. The highest BCUT2D eigenvalue weighted by Crippen LogP contribution is 2.31.